The summed E-state index contributed by atoms with van der Waals surface area (Å²) in [4.78, 5) is 39.4. The first-order chi connectivity index (χ1) is 19.9. The molecular weight excluding hydrogens is 548 g/mol. The largest absolute Gasteiger partial charge is 0.497 e. The zero-order chi connectivity index (χ0) is 28.9. The summed E-state index contributed by atoms with van der Waals surface area (Å²) in [6.45, 7) is 0. The van der Waals surface area contributed by atoms with Crippen LogP contribution in [-0.2, 0) is 0 Å². The topological polar surface area (TPSA) is 136 Å². The van der Waals surface area contributed by atoms with Gasteiger partial charge in [0.25, 0.3) is 11.6 Å². The molecule has 0 aliphatic rings. The summed E-state index contributed by atoms with van der Waals surface area (Å²) in [5.74, 6) is -0.424. The first kappa shape index (κ1) is 27.1. The van der Waals surface area contributed by atoms with Gasteiger partial charge in [0.15, 0.2) is 0 Å². The monoisotopic (exact) mass is 568 g/mol. The third-order valence-corrected chi connectivity index (χ3v) is 6.51. The Morgan fingerprint density at radius 3 is 2.46 bits per heavy atom. The van der Waals surface area contributed by atoms with E-state index >= 15 is 0 Å². The number of aromatic amines is 1. The van der Waals surface area contributed by atoms with Crippen LogP contribution in [0.5, 0.6) is 11.5 Å². The van der Waals surface area contributed by atoms with Gasteiger partial charge in [-0.05, 0) is 48.5 Å². The second kappa shape index (κ2) is 11.7. The number of rotatable bonds is 8. The molecule has 5 aromatic rings. The van der Waals surface area contributed by atoms with E-state index in [1.807, 2.05) is 24.3 Å². The minimum absolute atomic E-state index is 0.137. The molecule has 11 heteroatoms. The number of nitrogens with zero attached hydrogens (tertiary/aromatic N) is 2. The van der Waals surface area contributed by atoms with Crippen molar-refractivity contribution in [3.63, 3.8) is 0 Å². The van der Waals surface area contributed by atoms with E-state index in [9.17, 15) is 19.7 Å². The van der Waals surface area contributed by atoms with Crippen molar-refractivity contribution in [1.29, 1.82) is 0 Å². The molecule has 2 N–H and O–H groups in total. The molecule has 0 aliphatic heterocycles. The normalized spacial score (nSPS) is 11.0. The lowest BCUT2D eigenvalue weighted by molar-refractivity contribution is -0.384. The fourth-order valence-electron chi connectivity index (χ4n) is 4.19. The number of nitrogens with one attached hydrogen (secondary N) is 2. The molecule has 0 unspecified atom stereocenters. The van der Waals surface area contributed by atoms with Gasteiger partial charge in [-0.25, -0.2) is 10.2 Å². The average molecular weight is 569 g/mol. The van der Waals surface area contributed by atoms with E-state index in [-0.39, 0.29) is 22.7 Å². The Kier molecular flexibility index (Phi) is 7.75. The first-order valence-corrected chi connectivity index (χ1v) is 12.6. The minimum atomic E-state index is -0.706. The molecule has 0 aliphatic carbocycles. The highest BCUT2D eigenvalue weighted by Gasteiger charge is 2.21. The number of carbonyl (C=O) groups is 2. The fraction of sp³-hybridized carbons (Fsp3) is 0.0333. The van der Waals surface area contributed by atoms with Crippen LogP contribution in [-0.4, -0.2) is 35.1 Å². The van der Waals surface area contributed by atoms with Crippen LogP contribution in [0.1, 0.15) is 26.4 Å². The number of fused-ring (bicyclic) bond motifs is 1. The zero-order valence-corrected chi connectivity index (χ0v) is 22.2. The van der Waals surface area contributed by atoms with Crippen LogP contribution in [0, 0.1) is 10.1 Å². The van der Waals surface area contributed by atoms with Crippen molar-refractivity contribution in [2.45, 2.75) is 0 Å². The lowest BCUT2D eigenvalue weighted by atomic mass is 10.0. The molecule has 0 atom stereocenters. The Morgan fingerprint density at radius 2 is 1.73 bits per heavy atom. The number of aromatic nitrogens is 1. The van der Waals surface area contributed by atoms with Gasteiger partial charge in [-0.3, -0.25) is 14.9 Å². The molecule has 10 nitrogen and oxygen atoms in total. The van der Waals surface area contributed by atoms with E-state index < -0.39 is 16.8 Å². The maximum absolute atomic E-state index is 13.3. The SMILES string of the molecule is COc1ccc2[nH]c(C(=O)NN=Cc3ccccc3OC(=O)c3ccc([N+](=O)[O-])cc3)c(-c3ccccc3Cl)c2c1. The number of halogens is 1. The number of hydrogen-bond donors (Lipinski definition) is 2. The number of nitro benzene ring substituents is 1. The number of nitro groups is 1. The number of carbonyl (C=O) groups excluding carboxylic acids is 2. The smallest absolute Gasteiger partial charge is 0.343 e. The van der Waals surface area contributed by atoms with Crippen LogP contribution in [0.4, 0.5) is 5.69 Å². The molecule has 0 saturated carbocycles. The molecule has 1 heterocycles. The van der Waals surface area contributed by atoms with E-state index in [0.717, 1.165) is 5.39 Å². The zero-order valence-electron chi connectivity index (χ0n) is 21.5. The van der Waals surface area contributed by atoms with Crippen LogP contribution in [0.3, 0.4) is 0 Å². The third-order valence-electron chi connectivity index (χ3n) is 6.18. The van der Waals surface area contributed by atoms with Gasteiger partial charge in [-0.15, -0.1) is 0 Å². The standard InChI is InChI=1S/C30H21ClN4O6/c1-40-21-14-15-25-23(16-21)27(22-7-3-4-8-24(22)31)28(33-25)29(36)34-32-17-19-6-2-5-9-26(19)41-30(37)18-10-12-20(13-11-18)35(38)39/h2-17,33H,1H3,(H,34,36). The molecule has 204 valence electrons. The fourth-order valence-corrected chi connectivity index (χ4v) is 4.42. The maximum Gasteiger partial charge on any atom is 0.343 e. The molecule has 1 aromatic heterocycles. The van der Waals surface area contributed by atoms with Gasteiger partial charge < -0.3 is 14.5 Å². The van der Waals surface area contributed by atoms with Crippen LogP contribution in [0.15, 0.2) is 96.1 Å². The molecule has 1 amide bonds. The van der Waals surface area contributed by atoms with Crippen LogP contribution < -0.4 is 14.9 Å². The minimum Gasteiger partial charge on any atom is -0.497 e. The summed E-state index contributed by atoms with van der Waals surface area (Å²) in [6, 6.07) is 24.3. The number of esters is 1. The number of ether oxygens (including phenoxy) is 2. The number of hydrogen-bond acceptors (Lipinski definition) is 7. The number of amides is 1. The molecule has 41 heavy (non-hydrogen) atoms. The quantitative estimate of drug-likeness (QED) is 0.0732. The Bertz CT molecular complexity index is 1810. The average Bonchev–Trinajstić information content (AvgIpc) is 3.37. The van der Waals surface area contributed by atoms with Crippen molar-refractivity contribution in [3.05, 3.63) is 123 Å². The molecule has 0 saturated heterocycles. The van der Waals surface area contributed by atoms with Gasteiger partial charge in [-0.1, -0.05) is 41.9 Å². The summed E-state index contributed by atoms with van der Waals surface area (Å²) < 4.78 is 10.9. The summed E-state index contributed by atoms with van der Waals surface area (Å²) >= 11 is 6.50. The van der Waals surface area contributed by atoms with E-state index in [4.69, 9.17) is 21.1 Å². The Labute approximate surface area is 238 Å². The van der Waals surface area contributed by atoms with Crippen LogP contribution in [0.25, 0.3) is 22.0 Å². The van der Waals surface area contributed by atoms with Crippen molar-refractivity contribution >= 4 is 46.3 Å². The second-order valence-electron chi connectivity index (χ2n) is 8.70. The molecular formula is C30H21ClN4O6. The number of hydrazone groups is 1. The molecule has 0 fully saturated rings. The first-order valence-electron chi connectivity index (χ1n) is 12.2. The predicted octanol–water partition coefficient (Wildman–Crippen LogP) is 6.39. The van der Waals surface area contributed by atoms with Crippen molar-refractivity contribution in [2.75, 3.05) is 7.11 Å². The van der Waals surface area contributed by atoms with E-state index in [0.29, 0.717) is 33.0 Å². The highest BCUT2D eigenvalue weighted by molar-refractivity contribution is 6.34. The van der Waals surface area contributed by atoms with Gasteiger partial charge in [0, 0.05) is 44.7 Å². The summed E-state index contributed by atoms with van der Waals surface area (Å²) in [6.07, 6.45) is 1.34. The van der Waals surface area contributed by atoms with Crippen molar-refractivity contribution in [3.8, 4) is 22.6 Å². The van der Waals surface area contributed by atoms with Gasteiger partial charge in [0.05, 0.1) is 23.8 Å². The number of methoxy groups -OCH3 is 1. The van der Waals surface area contributed by atoms with Crippen molar-refractivity contribution in [1.82, 2.24) is 10.4 Å². The number of H-pyrrole nitrogens is 1. The predicted molar refractivity (Wildman–Crippen MR) is 155 cm³/mol. The second-order valence-corrected chi connectivity index (χ2v) is 9.10. The van der Waals surface area contributed by atoms with Crippen molar-refractivity contribution in [2.24, 2.45) is 5.10 Å². The molecule has 0 spiro atoms. The Hall–Kier alpha value is -5.48. The summed E-state index contributed by atoms with van der Waals surface area (Å²) in [5.41, 5.74) is 5.13. The molecule has 0 radical (unpaired) electrons. The Morgan fingerprint density at radius 1 is 1.00 bits per heavy atom. The number of non-ortho nitro benzene ring substituents is 1. The van der Waals surface area contributed by atoms with E-state index in [1.165, 1.54) is 30.5 Å². The van der Waals surface area contributed by atoms with E-state index in [2.05, 4.69) is 15.5 Å². The van der Waals surface area contributed by atoms with Gasteiger partial charge >= 0.3 is 5.97 Å². The van der Waals surface area contributed by atoms with E-state index in [1.54, 1.807) is 49.6 Å². The lowest BCUT2D eigenvalue weighted by Crippen LogP contribution is -2.19. The highest BCUT2D eigenvalue weighted by atomic mass is 35.5. The van der Waals surface area contributed by atoms with Gasteiger partial charge in [-0.2, -0.15) is 5.10 Å². The Balaban J connectivity index is 1.39. The highest BCUT2D eigenvalue weighted by Crippen LogP contribution is 2.38. The summed E-state index contributed by atoms with van der Waals surface area (Å²) in [7, 11) is 1.56. The van der Waals surface area contributed by atoms with Crippen LogP contribution >= 0.6 is 11.6 Å². The number of para-hydroxylation sites is 1. The number of benzene rings is 4. The van der Waals surface area contributed by atoms with Crippen LogP contribution in [0.2, 0.25) is 5.02 Å². The van der Waals surface area contributed by atoms with Gasteiger partial charge in [0.1, 0.15) is 17.2 Å². The van der Waals surface area contributed by atoms with Crippen molar-refractivity contribution < 1.29 is 24.0 Å². The summed E-state index contributed by atoms with van der Waals surface area (Å²) in [5, 5.41) is 16.2. The molecule has 0 bridgehead atoms. The lowest BCUT2D eigenvalue weighted by Gasteiger charge is -2.08. The maximum atomic E-state index is 13.3. The third kappa shape index (κ3) is 5.77. The van der Waals surface area contributed by atoms with Gasteiger partial charge in [0.2, 0.25) is 0 Å². The molecule has 4 aromatic carbocycles. The molecule has 5 rings (SSSR count).